The molecule has 1 aromatic heterocycles. The molecule has 1 aliphatic rings. The van der Waals surface area contributed by atoms with Crippen molar-refractivity contribution in [2.24, 2.45) is 0 Å². The van der Waals surface area contributed by atoms with E-state index >= 15 is 0 Å². The third-order valence-electron chi connectivity index (χ3n) is 4.91. The molecule has 1 aliphatic heterocycles. The molecule has 0 unspecified atom stereocenters. The van der Waals surface area contributed by atoms with E-state index in [2.05, 4.69) is 4.98 Å². The van der Waals surface area contributed by atoms with Crippen molar-refractivity contribution in [2.75, 3.05) is 33.3 Å². The number of aromatic nitrogens is 1. The van der Waals surface area contributed by atoms with E-state index in [-0.39, 0.29) is 11.8 Å². The minimum Gasteiger partial charge on any atom is -0.497 e. The van der Waals surface area contributed by atoms with Crippen LogP contribution in [0, 0.1) is 6.92 Å². The van der Waals surface area contributed by atoms with Gasteiger partial charge in [0.05, 0.1) is 7.11 Å². The standard InChI is InChI=1S/C21H21N3O4/c1-14-22-18-13-16(6-7-19(18)28-14)21(26)24-10-8-23(9-11-24)20(25)15-4-3-5-17(12-15)27-2/h3-7,12-13H,8-11H2,1-2H3. The molecule has 0 radical (unpaired) electrons. The molecule has 2 aromatic carbocycles. The predicted molar refractivity (Wildman–Crippen MR) is 104 cm³/mol. The SMILES string of the molecule is COc1cccc(C(=O)N2CCN(C(=O)c3ccc4oc(C)nc4c3)CC2)c1. The summed E-state index contributed by atoms with van der Waals surface area (Å²) < 4.78 is 10.6. The number of nitrogens with zero attached hydrogens (tertiary/aromatic N) is 3. The molecule has 2 heterocycles. The van der Waals surface area contributed by atoms with E-state index in [4.69, 9.17) is 9.15 Å². The summed E-state index contributed by atoms with van der Waals surface area (Å²) >= 11 is 0. The Kier molecular flexibility index (Phi) is 4.73. The fourth-order valence-electron chi connectivity index (χ4n) is 3.41. The van der Waals surface area contributed by atoms with Gasteiger partial charge in [0.15, 0.2) is 11.5 Å². The van der Waals surface area contributed by atoms with Gasteiger partial charge >= 0.3 is 0 Å². The van der Waals surface area contributed by atoms with Crippen LogP contribution in [0.15, 0.2) is 46.9 Å². The molecule has 0 saturated carbocycles. The third-order valence-corrected chi connectivity index (χ3v) is 4.91. The van der Waals surface area contributed by atoms with E-state index in [1.54, 1.807) is 66.3 Å². The Morgan fingerprint density at radius 3 is 2.25 bits per heavy atom. The Labute approximate surface area is 162 Å². The number of hydrogen-bond acceptors (Lipinski definition) is 5. The number of ether oxygens (including phenoxy) is 1. The van der Waals surface area contributed by atoms with Crippen molar-refractivity contribution in [3.05, 3.63) is 59.5 Å². The second-order valence-electron chi connectivity index (χ2n) is 6.73. The van der Waals surface area contributed by atoms with Crippen molar-refractivity contribution >= 4 is 22.9 Å². The van der Waals surface area contributed by atoms with Crippen LogP contribution in [0.5, 0.6) is 5.75 Å². The van der Waals surface area contributed by atoms with Gasteiger partial charge in [0.1, 0.15) is 11.3 Å². The molecule has 7 heteroatoms. The van der Waals surface area contributed by atoms with Crippen LogP contribution in [0.3, 0.4) is 0 Å². The third kappa shape index (κ3) is 3.43. The van der Waals surface area contributed by atoms with Gasteiger partial charge in [-0.25, -0.2) is 4.98 Å². The number of rotatable bonds is 3. The maximum Gasteiger partial charge on any atom is 0.254 e. The van der Waals surface area contributed by atoms with Crippen LogP contribution in [0.4, 0.5) is 0 Å². The molecular weight excluding hydrogens is 358 g/mol. The second-order valence-corrected chi connectivity index (χ2v) is 6.73. The molecule has 3 aromatic rings. The van der Waals surface area contributed by atoms with Gasteiger partial charge < -0.3 is 19.0 Å². The highest BCUT2D eigenvalue weighted by atomic mass is 16.5. The first kappa shape index (κ1) is 18.0. The average Bonchev–Trinajstić information content (AvgIpc) is 3.12. The highest BCUT2D eigenvalue weighted by Gasteiger charge is 2.26. The summed E-state index contributed by atoms with van der Waals surface area (Å²) in [6, 6.07) is 12.4. The zero-order valence-electron chi connectivity index (χ0n) is 15.8. The number of hydrogen-bond donors (Lipinski definition) is 0. The highest BCUT2D eigenvalue weighted by Crippen LogP contribution is 2.19. The first-order valence-electron chi connectivity index (χ1n) is 9.15. The fraction of sp³-hybridized carbons (Fsp3) is 0.286. The number of oxazole rings is 1. The van der Waals surface area contributed by atoms with E-state index in [0.29, 0.717) is 60.0 Å². The molecule has 0 atom stereocenters. The number of methoxy groups -OCH3 is 1. The summed E-state index contributed by atoms with van der Waals surface area (Å²) in [5.41, 5.74) is 2.51. The van der Waals surface area contributed by atoms with Crippen LogP contribution in [-0.4, -0.2) is 59.9 Å². The minimum absolute atomic E-state index is 0.0505. The molecule has 7 nitrogen and oxygen atoms in total. The van der Waals surface area contributed by atoms with E-state index in [1.807, 2.05) is 0 Å². The number of benzene rings is 2. The lowest BCUT2D eigenvalue weighted by molar-refractivity contribution is 0.0535. The molecule has 0 aliphatic carbocycles. The van der Waals surface area contributed by atoms with Crippen LogP contribution >= 0.6 is 0 Å². The lowest BCUT2D eigenvalue weighted by Gasteiger charge is -2.35. The van der Waals surface area contributed by atoms with Crippen molar-refractivity contribution in [1.29, 1.82) is 0 Å². The molecule has 2 amide bonds. The second kappa shape index (κ2) is 7.34. The molecular formula is C21H21N3O4. The Morgan fingerprint density at radius 1 is 0.964 bits per heavy atom. The van der Waals surface area contributed by atoms with Crippen molar-refractivity contribution in [1.82, 2.24) is 14.8 Å². The van der Waals surface area contributed by atoms with Gasteiger partial charge in [-0.3, -0.25) is 9.59 Å². The zero-order valence-corrected chi connectivity index (χ0v) is 15.8. The molecule has 0 bridgehead atoms. The number of amides is 2. The Bertz CT molecular complexity index is 1040. The maximum absolute atomic E-state index is 12.8. The summed E-state index contributed by atoms with van der Waals surface area (Å²) in [6.07, 6.45) is 0. The summed E-state index contributed by atoms with van der Waals surface area (Å²) in [5.74, 6) is 1.11. The molecule has 4 rings (SSSR count). The maximum atomic E-state index is 12.8. The predicted octanol–water partition coefficient (Wildman–Crippen LogP) is 2.74. The van der Waals surface area contributed by atoms with E-state index in [0.717, 1.165) is 0 Å². The largest absolute Gasteiger partial charge is 0.497 e. The quantitative estimate of drug-likeness (QED) is 0.699. The van der Waals surface area contributed by atoms with Gasteiger partial charge in [0.2, 0.25) is 0 Å². The van der Waals surface area contributed by atoms with Crippen molar-refractivity contribution in [3.63, 3.8) is 0 Å². The van der Waals surface area contributed by atoms with Crippen LogP contribution in [0.1, 0.15) is 26.6 Å². The van der Waals surface area contributed by atoms with Gasteiger partial charge in [-0.15, -0.1) is 0 Å². The van der Waals surface area contributed by atoms with Gasteiger partial charge in [-0.1, -0.05) is 6.07 Å². The molecule has 144 valence electrons. The molecule has 28 heavy (non-hydrogen) atoms. The Balaban J connectivity index is 1.42. The lowest BCUT2D eigenvalue weighted by atomic mass is 10.1. The van der Waals surface area contributed by atoms with Crippen molar-refractivity contribution in [2.45, 2.75) is 6.92 Å². The van der Waals surface area contributed by atoms with Crippen LogP contribution < -0.4 is 4.74 Å². The minimum atomic E-state index is -0.0592. The first-order chi connectivity index (χ1) is 13.5. The van der Waals surface area contributed by atoms with Crippen LogP contribution in [0.25, 0.3) is 11.1 Å². The fourth-order valence-corrected chi connectivity index (χ4v) is 3.41. The van der Waals surface area contributed by atoms with Gasteiger partial charge in [0, 0.05) is 44.2 Å². The van der Waals surface area contributed by atoms with Gasteiger partial charge in [-0.05, 0) is 36.4 Å². The van der Waals surface area contributed by atoms with E-state index < -0.39 is 0 Å². The van der Waals surface area contributed by atoms with Crippen molar-refractivity contribution in [3.8, 4) is 5.75 Å². The normalized spacial score (nSPS) is 14.4. The lowest BCUT2D eigenvalue weighted by Crippen LogP contribution is -2.50. The van der Waals surface area contributed by atoms with Crippen LogP contribution in [0.2, 0.25) is 0 Å². The summed E-state index contributed by atoms with van der Waals surface area (Å²) in [4.78, 5) is 33.4. The van der Waals surface area contributed by atoms with E-state index in [1.165, 1.54) is 0 Å². The Morgan fingerprint density at radius 2 is 1.61 bits per heavy atom. The highest BCUT2D eigenvalue weighted by molar-refractivity contribution is 5.98. The monoisotopic (exact) mass is 379 g/mol. The summed E-state index contributed by atoms with van der Waals surface area (Å²) in [7, 11) is 1.58. The number of carbonyl (C=O) groups excluding carboxylic acids is 2. The molecule has 1 fully saturated rings. The van der Waals surface area contributed by atoms with Crippen molar-refractivity contribution < 1.29 is 18.7 Å². The molecule has 1 saturated heterocycles. The molecule has 0 N–H and O–H groups in total. The van der Waals surface area contributed by atoms with E-state index in [9.17, 15) is 9.59 Å². The number of fused-ring (bicyclic) bond motifs is 1. The van der Waals surface area contributed by atoms with Gasteiger partial charge in [0.25, 0.3) is 11.8 Å². The zero-order chi connectivity index (χ0) is 19.7. The Hall–Kier alpha value is -3.35. The summed E-state index contributed by atoms with van der Waals surface area (Å²) in [5, 5.41) is 0. The topological polar surface area (TPSA) is 75.9 Å². The number of piperazine rings is 1. The van der Waals surface area contributed by atoms with Crippen LogP contribution in [-0.2, 0) is 0 Å². The van der Waals surface area contributed by atoms with Gasteiger partial charge in [-0.2, -0.15) is 0 Å². The molecule has 0 spiro atoms. The summed E-state index contributed by atoms with van der Waals surface area (Å²) in [6.45, 7) is 3.75. The first-order valence-corrected chi connectivity index (χ1v) is 9.15. The smallest absolute Gasteiger partial charge is 0.254 e. The average molecular weight is 379 g/mol. The number of aryl methyl sites for hydroxylation is 1. The number of carbonyl (C=O) groups is 2.